The van der Waals surface area contributed by atoms with Crippen molar-refractivity contribution in [3.8, 4) is 5.75 Å². The largest absolute Gasteiger partial charge is 0.484 e. The maximum absolute atomic E-state index is 13.9. The average Bonchev–Trinajstić information content (AvgIpc) is 2.35. The van der Waals surface area contributed by atoms with Crippen LogP contribution >= 0.6 is 23.2 Å². The molecule has 0 aliphatic carbocycles. The van der Waals surface area contributed by atoms with Crippen molar-refractivity contribution in [1.82, 2.24) is 0 Å². The molecule has 0 heterocycles. The van der Waals surface area contributed by atoms with Crippen LogP contribution in [0, 0.1) is 5.82 Å². The average molecular weight is 314 g/mol. The van der Waals surface area contributed by atoms with E-state index < -0.39 is 12.1 Å². The first-order chi connectivity index (χ1) is 9.47. The molecule has 0 saturated carbocycles. The zero-order valence-corrected chi connectivity index (χ0v) is 12.3. The van der Waals surface area contributed by atoms with E-state index in [1.165, 1.54) is 6.07 Å². The lowest BCUT2D eigenvalue weighted by molar-refractivity contribution is 0.176. The molecule has 2 atom stereocenters. The third-order valence-corrected chi connectivity index (χ3v) is 3.22. The summed E-state index contributed by atoms with van der Waals surface area (Å²) in [5.41, 5.74) is 6.31. The van der Waals surface area contributed by atoms with E-state index >= 15 is 0 Å². The molecule has 0 saturated heterocycles. The van der Waals surface area contributed by atoms with Crippen LogP contribution in [-0.2, 0) is 0 Å². The Kier molecular flexibility index (Phi) is 4.86. The molecule has 0 bridgehead atoms. The van der Waals surface area contributed by atoms with Gasteiger partial charge in [0.15, 0.2) is 0 Å². The molecule has 0 spiro atoms. The van der Waals surface area contributed by atoms with Gasteiger partial charge in [-0.25, -0.2) is 4.39 Å². The van der Waals surface area contributed by atoms with Gasteiger partial charge in [-0.05, 0) is 31.2 Å². The quantitative estimate of drug-likeness (QED) is 0.895. The molecule has 0 aliphatic rings. The second-order valence-corrected chi connectivity index (χ2v) is 5.40. The van der Waals surface area contributed by atoms with Crippen molar-refractivity contribution < 1.29 is 9.13 Å². The third-order valence-electron chi connectivity index (χ3n) is 2.79. The molecule has 2 rings (SSSR count). The highest BCUT2D eigenvalue weighted by molar-refractivity contribution is 6.34. The van der Waals surface area contributed by atoms with E-state index in [0.717, 1.165) is 0 Å². The normalized spacial score (nSPS) is 13.8. The lowest BCUT2D eigenvalue weighted by Gasteiger charge is -2.23. The van der Waals surface area contributed by atoms with E-state index in [1.54, 1.807) is 43.3 Å². The number of benzene rings is 2. The summed E-state index contributed by atoms with van der Waals surface area (Å²) < 4.78 is 19.6. The summed E-state index contributed by atoms with van der Waals surface area (Å²) in [4.78, 5) is 0. The predicted molar refractivity (Wildman–Crippen MR) is 79.9 cm³/mol. The minimum absolute atomic E-state index is 0.358. The van der Waals surface area contributed by atoms with Gasteiger partial charge in [-0.2, -0.15) is 0 Å². The van der Waals surface area contributed by atoms with Crippen molar-refractivity contribution in [2.45, 2.75) is 19.1 Å². The van der Waals surface area contributed by atoms with Crippen LogP contribution in [0.1, 0.15) is 18.6 Å². The van der Waals surface area contributed by atoms with E-state index in [-0.39, 0.29) is 5.82 Å². The minimum atomic E-state index is -0.620. The molecule has 5 heteroatoms. The molecular formula is C15H14Cl2FNO. The number of halogens is 3. The predicted octanol–water partition coefficient (Wildman–Crippen LogP) is 4.60. The summed E-state index contributed by atoms with van der Waals surface area (Å²) >= 11 is 11.8. The second kappa shape index (κ2) is 6.44. The van der Waals surface area contributed by atoms with Crippen LogP contribution in [0.3, 0.4) is 0 Å². The van der Waals surface area contributed by atoms with Gasteiger partial charge in [0, 0.05) is 21.7 Å². The van der Waals surface area contributed by atoms with Gasteiger partial charge in [0.1, 0.15) is 17.7 Å². The van der Waals surface area contributed by atoms with Crippen LogP contribution in [0.4, 0.5) is 4.39 Å². The molecule has 2 N–H and O–H groups in total. The summed E-state index contributed by atoms with van der Waals surface area (Å²) in [5, 5.41) is 0.897. The van der Waals surface area contributed by atoms with Gasteiger partial charge in [-0.15, -0.1) is 0 Å². The maximum atomic E-state index is 13.9. The molecule has 2 aromatic carbocycles. The summed E-state index contributed by atoms with van der Waals surface area (Å²) in [6, 6.07) is 10.8. The number of nitrogens with two attached hydrogens (primary N) is 1. The van der Waals surface area contributed by atoms with Crippen LogP contribution < -0.4 is 10.5 Å². The van der Waals surface area contributed by atoms with Gasteiger partial charge in [0.05, 0.1) is 0 Å². The van der Waals surface area contributed by atoms with Crippen molar-refractivity contribution in [3.63, 3.8) is 0 Å². The van der Waals surface area contributed by atoms with Gasteiger partial charge in [0.25, 0.3) is 0 Å². The Morgan fingerprint density at radius 1 is 1.10 bits per heavy atom. The van der Waals surface area contributed by atoms with Gasteiger partial charge < -0.3 is 10.5 Å². The van der Waals surface area contributed by atoms with Gasteiger partial charge in [-0.1, -0.05) is 41.4 Å². The minimum Gasteiger partial charge on any atom is -0.484 e. The van der Waals surface area contributed by atoms with Crippen LogP contribution in [0.2, 0.25) is 10.0 Å². The van der Waals surface area contributed by atoms with Crippen molar-refractivity contribution in [2.24, 2.45) is 5.73 Å². The van der Waals surface area contributed by atoms with Gasteiger partial charge >= 0.3 is 0 Å². The molecule has 20 heavy (non-hydrogen) atoms. The van der Waals surface area contributed by atoms with E-state index in [9.17, 15) is 4.39 Å². The SMILES string of the molecule is CC(N)C(Oc1cc(Cl)cc(Cl)c1)c1ccccc1F. The highest BCUT2D eigenvalue weighted by Gasteiger charge is 2.21. The highest BCUT2D eigenvalue weighted by Crippen LogP contribution is 2.30. The van der Waals surface area contributed by atoms with Crippen LogP contribution in [0.25, 0.3) is 0 Å². The fourth-order valence-corrected chi connectivity index (χ4v) is 2.41. The Morgan fingerprint density at radius 2 is 1.70 bits per heavy atom. The van der Waals surface area contributed by atoms with E-state index in [2.05, 4.69) is 0 Å². The molecule has 2 aromatic rings. The Labute approximate surface area is 127 Å². The summed E-state index contributed by atoms with van der Waals surface area (Å²) in [7, 11) is 0. The third kappa shape index (κ3) is 3.63. The van der Waals surface area contributed by atoms with Crippen LogP contribution in [0.5, 0.6) is 5.75 Å². The van der Waals surface area contributed by atoms with Crippen LogP contribution in [-0.4, -0.2) is 6.04 Å². The summed E-state index contributed by atoms with van der Waals surface area (Å²) in [6.45, 7) is 1.75. The maximum Gasteiger partial charge on any atom is 0.141 e. The Hall–Kier alpha value is -1.29. The first-order valence-corrected chi connectivity index (χ1v) is 6.85. The zero-order chi connectivity index (χ0) is 14.7. The standard InChI is InChI=1S/C15H14Cl2FNO/c1-9(19)15(13-4-2-3-5-14(13)18)20-12-7-10(16)6-11(17)8-12/h2-9,15H,19H2,1H3. The first kappa shape index (κ1) is 15.1. The number of rotatable bonds is 4. The first-order valence-electron chi connectivity index (χ1n) is 6.10. The Balaban J connectivity index is 2.33. The monoisotopic (exact) mass is 313 g/mol. The molecule has 106 valence electrons. The topological polar surface area (TPSA) is 35.2 Å². The molecule has 0 fully saturated rings. The second-order valence-electron chi connectivity index (χ2n) is 4.52. The fraction of sp³-hybridized carbons (Fsp3) is 0.200. The smallest absolute Gasteiger partial charge is 0.141 e. The van der Waals surface area contributed by atoms with E-state index in [4.69, 9.17) is 33.7 Å². The fourth-order valence-electron chi connectivity index (χ4n) is 1.90. The number of hydrogen-bond donors (Lipinski definition) is 1. The van der Waals surface area contributed by atoms with Crippen LogP contribution in [0.15, 0.2) is 42.5 Å². The van der Waals surface area contributed by atoms with E-state index in [0.29, 0.717) is 21.4 Å². The number of ether oxygens (including phenoxy) is 1. The Bertz CT molecular complexity index is 584. The molecule has 0 amide bonds. The molecule has 0 aromatic heterocycles. The van der Waals surface area contributed by atoms with Crippen molar-refractivity contribution >= 4 is 23.2 Å². The van der Waals surface area contributed by atoms with E-state index in [1.807, 2.05) is 0 Å². The van der Waals surface area contributed by atoms with Crippen molar-refractivity contribution in [2.75, 3.05) is 0 Å². The zero-order valence-electron chi connectivity index (χ0n) is 10.8. The van der Waals surface area contributed by atoms with Crippen molar-refractivity contribution in [3.05, 3.63) is 63.9 Å². The van der Waals surface area contributed by atoms with Gasteiger partial charge in [-0.3, -0.25) is 0 Å². The summed E-state index contributed by atoms with van der Waals surface area (Å²) in [6.07, 6.45) is -0.620. The summed E-state index contributed by atoms with van der Waals surface area (Å²) in [5.74, 6) is 0.0935. The Morgan fingerprint density at radius 3 is 2.25 bits per heavy atom. The lowest BCUT2D eigenvalue weighted by Crippen LogP contribution is -2.29. The highest BCUT2D eigenvalue weighted by atomic mass is 35.5. The lowest BCUT2D eigenvalue weighted by atomic mass is 10.0. The number of hydrogen-bond acceptors (Lipinski definition) is 2. The van der Waals surface area contributed by atoms with Gasteiger partial charge in [0.2, 0.25) is 0 Å². The molecular weight excluding hydrogens is 300 g/mol. The molecule has 0 aliphatic heterocycles. The molecule has 0 radical (unpaired) electrons. The van der Waals surface area contributed by atoms with Crippen molar-refractivity contribution in [1.29, 1.82) is 0 Å². The molecule has 2 unspecified atom stereocenters. The molecule has 2 nitrogen and oxygen atoms in total.